The zero-order valence-corrected chi connectivity index (χ0v) is 18.5. The van der Waals surface area contributed by atoms with E-state index >= 15 is 0 Å². The number of hydrogen-bond donors (Lipinski definition) is 1. The lowest BCUT2D eigenvalue weighted by atomic mass is 10.1. The lowest BCUT2D eigenvalue weighted by molar-refractivity contribution is 0.0905. The molecule has 0 aliphatic rings. The number of nitrogens with one attached hydrogen (secondary N) is 1. The number of benzene rings is 2. The van der Waals surface area contributed by atoms with E-state index in [1.165, 1.54) is 26.2 Å². The van der Waals surface area contributed by atoms with Crippen molar-refractivity contribution in [2.24, 2.45) is 0 Å². The minimum absolute atomic E-state index is 0.118. The molecule has 10 heteroatoms. The summed E-state index contributed by atoms with van der Waals surface area (Å²) >= 11 is 0. The zero-order chi connectivity index (χ0) is 22.6. The van der Waals surface area contributed by atoms with Crippen LogP contribution in [-0.2, 0) is 10.0 Å². The van der Waals surface area contributed by atoms with Gasteiger partial charge in [0.2, 0.25) is 15.9 Å². The van der Waals surface area contributed by atoms with Crippen LogP contribution in [0.1, 0.15) is 36.1 Å². The van der Waals surface area contributed by atoms with Gasteiger partial charge in [-0.15, -0.1) is 10.2 Å². The van der Waals surface area contributed by atoms with E-state index in [2.05, 4.69) is 15.5 Å². The fourth-order valence-electron chi connectivity index (χ4n) is 2.77. The van der Waals surface area contributed by atoms with Gasteiger partial charge in [0.05, 0.1) is 17.5 Å². The zero-order valence-electron chi connectivity index (χ0n) is 17.7. The number of amides is 1. The van der Waals surface area contributed by atoms with E-state index in [4.69, 9.17) is 9.15 Å². The van der Waals surface area contributed by atoms with Crippen molar-refractivity contribution < 1.29 is 22.4 Å². The SMILES string of the molecule is CCOc1ccc(C(C)NC(=O)c2nnc(-c3ccc(S(=O)(=O)N(C)C)cc3)o2)cc1. The number of nitrogens with zero attached hydrogens (tertiary/aromatic N) is 3. The Morgan fingerprint density at radius 2 is 1.74 bits per heavy atom. The van der Waals surface area contributed by atoms with E-state index in [9.17, 15) is 13.2 Å². The molecule has 1 aromatic heterocycles. The minimum Gasteiger partial charge on any atom is -0.494 e. The van der Waals surface area contributed by atoms with Crippen LogP contribution < -0.4 is 10.1 Å². The first-order valence-corrected chi connectivity index (χ1v) is 11.1. The topological polar surface area (TPSA) is 115 Å². The summed E-state index contributed by atoms with van der Waals surface area (Å²) in [5, 5.41) is 10.5. The van der Waals surface area contributed by atoms with Gasteiger partial charge >= 0.3 is 11.8 Å². The van der Waals surface area contributed by atoms with Crippen molar-refractivity contribution >= 4 is 15.9 Å². The van der Waals surface area contributed by atoms with Crippen LogP contribution in [0.3, 0.4) is 0 Å². The third kappa shape index (κ3) is 5.09. The van der Waals surface area contributed by atoms with Gasteiger partial charge < -0.3 is 14.5 Å². The summed E-state index contributed by atoms with van der Waals surface area (Å²) in [6.45, 7) is 4.34. The number of carbonyl (C=O) groups is 1. The lowest BCUT2D eigenvalue weighted by Crippen LogP contribution is -2.26. The Morgan fingerprint density at radius 1 is 1.10 bits per heavy atom. The molecule has 0 fully saturated rings. The van der Waals surface area contributed by atoms with Crippen molar-refractivity contribution in [1.29, 1.82) is 0 Å². The van der Waals surface area contributed by atoms with Crippen LogP contribution in [0.15, 0.2) is 57.8 Å². The van der Waals surface area contributed by atoms with Gasteiger partial charge in [0.25, 0.3) is 0 Å². The fourth-order valence-corrected chi connectivity index (χ4v) is 3.67. The highest BCUT2D eigenvalue weighted by Crippen LogP contribution is 2.22. The number of ether oxygens (including phenoxy) is 1. The summed E-state index contributed by atoms with van der Waals surface area (Å²) in [7, 11) is -0.618. The van der Waals surface area contributed by atoms with Crippen molar-refractivity contribution in [2.45, 2.75) is 24.8 Å². The molecule has 164 valence electrons. The quantitative estimate of drug-likeness (QED) is 0.568. The van der Waals surface area contributed by atoms with E-state index in [0.717, 1.165) is 15.6 Å². The van der Waals surface area contributed by atoms with Gasteiger partial charge in [-0.25, -0.2) is 12.7 Å². The van der Waals surface area contributed by atoms with E-state index in [0.29, 0.717) is 12.2 Å². The molecule has 2 aromatic carbocycles. The molecule has 1 heterocycles. The van der Waals surface area contributed by atoms with Crippen molar-refractivity contribution in [3.63, 3.8) is 0 Å². The summed E-state index contributed by atoms with van der Waals surface area (Å²) in [4.78, 5) is 12.6. The maximum absolute atomic E-state index is 12.5. The molecule has 0 bridgehead atoms. The molecule has 31 heavy (non-hydrogen) atoms. The third-order valence-corrected chi connectivity index (χ3v) is 6.37. The molecule has 9 nitrogen and oxygen atoms in total. The molecule has 0 saturated heterocycles. The molecule has 3 rings (SSSR count). The molecule has 1 atom stereocenters. The second-order valence-electron chi connectivity index (χ2n) is 6.92. The molecule has 1 unspecified atom stereocenters. The fraction of sp³-hybridized carbons (Fsp3) is 0.286. The highest BCUT2D eigenvalue weighted by molar-refractivity contribution is 7.89. The van der Waals surface area contributed by atoms with Crippen LogP contribution in [0, 0.1) is 0 Å². The third-order valence-electron chi connectivity index (χ3n) is 4.54. The molecule has 1 N–H and O–H groups in total. The molecular weight excluding hydrogens is 420 g/mol. The van der Waals surface area contributed by atoms with Crippen LogP contribution in [0.25, 0.3) is 11.5 Å². The monoisotopic (exact) mass is 444 g/mol. The minimum atomic E-state index is -3.54. The van der Waals surface area contributed by atoms with Crippen molar-refractivity contribution in [2.75, 3.05) is 20.7 Å². The summed E-state index contributed by atoms with van der Waals surface area (Å²) in [5.74, 6) is 0.188. The molecule has 3 aromatic rings. The van der Waals surface area contributed by atoms with Crippen LogP contribution >= 0.6 is 0 Å². The van der Waals surface area contributed by atoms with E-state index in [1.54, 1.807) is 12.1 Å². The van der Waals surface area contributed by atoms with Crippen molar-refractivity contribution in [1.82, 2.24) is 19.8 Å². The summed E-state index contributed by atoms with van der Waals surface area (Å²) in [5.41, 5.74) is 1.40. The predicted molar refractivity (Wildman–Crippen MR) is 114 cm³/mol. The standard InChI is InChI=1S/C21H24N4O5S/c1-5-29-17-10-6-15(7-11-17)14(2)22-19(26)21-24-23-20(30-21)16-8-12-18(13-9-16)31(27,28)25(3)4/h6-14H,5H2,1-4H3,(H,22,26). The van der Waals surface area contributed by atoms with Gasteiger partial charge in [-0.05, 0) is 55.8 Å². The summed E-state index contributed by atoms with van der Waals surface area (Å²) in [6, 6.07) is 13.1. The Labute approximate surface area is 181 Å². The second kappa shape index (κ2) is 9.27. The predicted octanol–water partition coefficient (Wildman–Crippen LogP) is 2.88. The normalized spacial score (nSPS) is 12.5. The smallest absolute Gasteiger partial charge is 0.309 e. The van der Waals surface area contributed by atoms with Gasteiger partial charge in [0.1, 0.15) is 5.75 Å². The second-order valence-corrected chi connectivity index (χ2v) is 9.07. The average molecular weight is 445 g/mol. The Morgan fingerprint density at radius 3 is 2.32 bits per heavy atom. The number of hydrogen-bond acceptors (Lipinski definition) is 7. The largest absolute Gasteiger partial charge is 0.494 e. The molecule has 0 aliphatic carbocycles. The van der Waals surface area contributed by atoms with Gasteiger partial charge in [0.15, 0.2) is 0 Å². The first-order chi connectivity index (χ1) is 14.7. The van der Waals surface area contributed by atoms with Crippen molar-refractivity contribution in [3.05, 3.63) is 60.0 Å². The molecule has 0 saturated carbocycles. The number of carbonyl (C=O) groups excluding carboxylic acids is 1. The van der Waals surface area contributed by atoms with Gasteiger partial charge in [-0.1, -0.05) is 12.1 Å². The summed E-state index contributed by atoms with van der Waals surface area (Å²) < 4.78 is 36.3. The Kier molecular flexibility index (Phi) is 6.71. The Bertz CT molecular complexity index is 1140. The van der Waals surface area contributed by atoms with Crippen LogP contribution in [0.5, 0.6) is 5.75 Å². The van der Waals surface area contributed by atoms with Crippen molar-refractivity contribution in [3.8, 4) is 17.2 Å². The highest BCUT2D eigenvalue weighted by atomic mass is 32.2. The first-order valence-electron chi connectivity index (χ1n) is 9.62. The molecule has 0 aliphatic heterocycles. The van der Waals surface area contributed by atoms with Gasteiger partial charge in [-0.2, -0.15) is 0 Å². The van der Waals surface area contributed by atoms with Crippen LogP contribution in [0.4, 0.5) is 0 Å². The van der Waals surface area contributed by atoms with Gasteiger partial charge in [0, 0.05) is 19.7 Å². The molecule has 0 radical (unpaired) electrons. The first kappa shape index (κ1) is 22.4. The van der Waals surface area contributed by atoms with Gasteiger partial charge in [-0.3, -0.25) is 4.79 Å². The van der Waals surface area contributed by atoms with E-state index in [1.807, 2.05) is 38.1 Å². The van der Waals surface area contributed by atoms with E-state index in [-0.39, 0.29) is 22.7 Å². The maximum Gasteiger partial charge on any atom is 0.309 e. The number of aromatic nitrogens is 2. The highest BCUT2D eigenvalue weighted by Gasteiger charge is 2.20. The number of sulfonamides is 1. The number of rotatable bonds is 8. The summed E-state index contributed by atoms with van der Waals surface area (Å²) in [6.07, 6.45) is 0. The lowest BCUT2D eigenvalue weighted by Gasteiger charge is -2.13. The van der Waals surface area contributed by atoms with Crippen LogP contribution in [0.2, 0.25) is 0 Å². The Hall–Kier alpha value is -3.24. The van der Waals surface area contributed by atoms with E-state index < -0.39 is 15.9 Å². The van der Waals surface area contributed by atoms with Crippen LogP contribution in [-0.4, -0.2) is 49.5 Å². The molecule has 0 spiro atoms. The Balaban J connectivity index is 1.69. The molecule has 1 amide bonds. The maximum atomic E-state index is 12.5. The average Bonchev–Trinajstić information content (AvgIpc) is 3.25. The molecular formula is C21H24N4O5S.